The molecule has 2 aliphatic heterocycles. The summed E-state index contributed by atoms with van der Waals surface area (Å²) in [7, 11) is 0. The van der Waals surface area contributed by atoms with Crippen molar-refractivity contribution in [2.75, 3.05) is 24.7 Å². The van der Waals surface area contributed by atoms with Gasteiger partial charge in [0.15, 0.2) is 5.82 Å². The highest BCUT2D eigenvalue weighted by Crippen LogP contribution is 2.26. The van der Waals surface area contributed by atoms with Crippen LogP contribution in [0.2, 0.25) is 0 Å². The van der Waals surface area contributed by atoms with Crippen molar-refractivity contribution in [3.8, 4) is 0 Å². The van der Waals surface area contributed by atoms with Gasteiger partial charge in [0.2, 0.25) is 0 Å². The lowest BCUT2D eigenvalue weighted by molar-refractivity contribution is -0.140. The molecule has 0 saturated carbocycles. The number of hydrogen-bond acceptors (Lipinski definition) is 4. The van der Waals surface area contributed by atoms with Gasteiger partial charge < -0.3 is 15.0 Å². The molecule has 122 valence electrons. The van der Waals surface area contributed by atoms with Crippen molar-refractivity contribution >= 4 is 11.7 Å². The Morgan fingerprint density at radius 3 is 2.95 bits per heavy atom. The molecule has 1 fully saturated rings. The summed E-state index contributed by atoms with van der Waals surface area (Å²) in [6, 6.07) is 0.760. The summed E-state index contributed by atoms with van der Waals surface area (Å²) in [5.41, 5.74) is 0.298. The van der Waals surface area contributed by atoms with Crippen molar-refractivity contribution in [3.05, 3.63) is 11.8 Å². The van der Waals surface area contributed by atoms with Crippen molar-refractivity contribution in [3.63, 3.8) is 0 Å². The smallest absolute Gasteiger partial charge is 0.377 e. The van der Waals surface area contributed by atoms with Gasteiger partial charge in [-0.2, -0.15) is 18.3 Å². The second kappa shape index (κ2) is 5.45. The fourth-order valence-corrected chi connectivity index (χ4v) is 2.84. The van der Waals surface area contributed by atoms with E-state index in [9.17, 15) is 18.0 Å². The molecule has 1 saturated heterocycles. The zero-order chi connectivity index (χ0) is 15.9. The number of halogens is 3. The molecule has 3 rings (SSSR count). The molecule has 1 N–H and O–H groups in total. The quantitative estimate of drug-likeness (QED) is 0.889. The highest BCUT2D eigenvalue weighted by atomic mass is 19.4. The number of fused-ring (bicyclic) bond motifs is 1. The van der Waals surface area contributed by atoms with Crippen LogP contribution in [0.3, 0.4) is 0 Å². The Hall–Kier alpha value is -1.77. The van der Waals surface area contributed by atoms with Crippen LogP contribution in [0.25, 0.3) is 0 Å². The van der Waals surface area contributed by atoms with Gasteiger partial charge in [-0.15, -0.1) is 0 Å². The van der Waals surface area contributed by atoms with E-state index in [2.05, 4.69) is 10.4 Å². The van der Waals surface area contributed by atoms with Gasteiger partial charge in [-0.25, -0.2) is 0 Å². The highest BCUT2D eigenvalue weighted by molar-refractivity contribution is 5.94. The van der Waals surface area contributed by atoms with Crippen molar-refractivity contribution in [1.82, 2.24) is 15.1 Å². The lowest BCUT2D eigenvalue weighted by atomic mass is 10.1. The number of amides is 1. The minimum Gasteiger partial charge on any atom is -0.377 e. The third-order valence-corrected chi connectivity index (χ3v) is 3.87. The van der Waals surface area contributed by atoms with E-state index in [-0.39, 0.29) is 12.6 Å². The number of morpholine rings is 1. The maximum atomic E-state index is 12.5. The minimum absolute atomic E-state index is 0.0271. The molecular weight excluding hydrogens is 301 g/mol. The molecule has 6 nitrogen and oxygen atoms in total. The van der Waals surface area contributed by atoms with Crippen LogP contribution in [0.5, 0.6) is 0 Å². The van der Waals surface area contributed by atoms with E-state index in [0.29, 0.717) is 31.3 Å². The van der Waals surface area contributed by atoms with Crippen LogP contribution in [-0.4, -0.2) is 53.7 Å². The van der Waals surface area contributed by atoms with E-state index in [1.807, 2.05) is 11.8 Å². The van der Waals surface area contributed by atoms with E-state index < -0.39 is 24.5 Å². The number of nitrogens with one attached hydrogen (secondary N) is 1. The van der Waals surface area contributed by atoms with Crippen LogP contribution >= 0.6 is 0 Å². The molecule has 2 atom stereocenters. The summed E-state index contributed by atoms with van der Waals surface area (Å²) in [5, 5.41) is 6.71. The van der Waals surface area contributed by atoms with Crippen LogP contribution < -0.4 is 10.2 Å². The maximum absolute atomic E-state index is 12.5. The Kier molecular flexibility index (Phi) is 3.75. The van der Waals surface area contributed by atoms with Crippen LogP contribution in [0, 0.1) is 0 Å². The molecule has 0 unspecified atom stereocenters. The average Bonchev–Trinajstić information content (AvgIpc) is 2.81. The molecule has 0 bridgehead atoms. The number of anilines is 1. The van der Waals surface area contributed by atoms with Crippen LogP contribution in [0.1, 0.15) is 23.8 Å². The Morgan fingerprint density at radius 2 is 2.27 bits per heavy atom. The van der Waals surface area contributed by atoms with Crippen molar-refractivity contribution < 1.29 is 22.7 Å². The van der Waals surface area contributed by atoms with Gasteiger partial charge in [-0.1, -0.05) is 0 Å². The Bertz CT molecular complexity index is 572. The zero-order valence-corrected chi connectivity index (χ0v) is 12.1. The predicted molar refractivity (Wildman–Crippen MR) is 71.8 cm³/mol. The molecule has 2 aliphatic rings. The first kappa shape index (κ1) is 15.1. The van der Waals surface area contributed by atoms with Crippen molar-refractivity contribution in [2.45, 2.75) is 38.1 Å². The average molecular weight is 318 g/mol. The summed E-state index contributed by atoms with van der Waals surface area (Å²) in [5.74, 6) is 0.0915. The molecule has 0 aromatic carbocycles. The van der Waals surface area contributed by atoms with Gasteiger partial charge in [-0.05, 0) is 6.92 Å². The molecule has 1 aromatic rings. The van der Waals surface area contributed by atoms with Gasteiger partial charge in [0.25, 0.3) is 5.91 Å². The van der Waals surface area contributed by atoms with Gasteiger partial charge in [0, 0.05) is 12.6 Å². The standard InChI is InChI=1S/C13H17F3N4O2/c1-8-7-22-3-2-19(8)11-4-10-12(21)17-9(5-13(14,15)16)6-20(10)18-11/h4,8-9H,2-3,5-7H2,1H3,(H,17,21)/t8-,9-/m1/s1. The second-order valence-corrected chi connectivity index (χ2v) is 5.68. The monoisotopic (exact) mass is 318 g/mol. The van der Waals surface area contributed by atoms with E-state index in [0.717, 1.165) is 0 Å². The minimum atomic E-state index is -4.32. The number of rotatable bonds is 2. The molecule has 1 amide bonds. The molecule has 0 spiro atoms. The van der Waals surface area contributed by atoms with E-state index in [1.54, 1.807) is 6.07 Å². The number of aromatic nitrogens is 2. The molecule has 0 aliphatic carbocycles. The summed E-state index contributed by atoms with van der Waals surface area (Å²) >= 11 is 0. The van der Waals surface area contributed by atoms with E-state index in [1.165, 1.54) is 4.68 Å². The fourth-order valence-electron chi connectivity index (χ4n) is 2.84. The highest BCUT2D eigenvalue weighted by Gasteiger charge is 2.36. The van der Waals surface area contributed by atoms with E-state index >= 15 is 0 Å². The second-order valence-electron chi connectivity index (χ2n) is 5.68. The topological polar surface area (TPSA) is 59.4 Å². The molecule has 1 aromatic heterocycles. The maximum Gasteiger partial charge on any atom is 0.391 e. The lowest BCUT2D eigenvalue weighted by Crippen LogP contribution is -2.46. The largest absolute Gasteiger partial charge is 0.391 e. The molecule has 3 heterocycles. The SMILES string of the molecule is C[C@@H]1COCCN1c1cc2n(n1)C[C@@H](CC(F)(F)F)NC2=O. The summed E-state index contributed by atoms with van der Waals surface area (Å²) < 4.78 is 44.2. The van der Waals surface area contributed by atoms with Crippen LogP contribution in [0.15, 0.2) is 6.07 Å². The van der Waals surface area contributed by atoms with Crippen LogP contribution in [-0.2, 0) is 11.3 Å². The number of ether oxygens (including phenoxy) is 1. The van der Waals surface area contributed by atoms with Crippen LogP contribution in [0.4, 0.5) is 19.0 Å². The predicted octanol–water partition coefficient (Wildman–Crippen LogP) is 1.17. The number of hydrogen-bond donors (Lipinski definition) is 1. The summed E-state index contributed by atoms with van der Waals surface area (Å²) in [4.78, 5) is 14.0. The third kappa shape index (κ3) is 3.03. The molecule has 0 radical (unpaired) electrons. The Labute approximate surface area is 125 Å². The van der Waals surface area contributed by atoms with Gasteiger partial charge in [0.05, 0.1) is 38.3 Å². The van der Waals surface area contributed by atoms with Gasteiger partial charge in [-0.3, -0.25) is 9.48 Å². The normalized spacial score (nSPS) is 25.8. The lowest BCUT2D eigenvalue weighted by Gasteiger charge is -2.33. The molecule has 9 heteroatoms. The number of carbonyl (C=O) groups is 1. The first-order valence-electron chi connectivity index (χ1n) is 7.13. The number of nitrogens with zero attached hydrogens (tertiary/aromatic N) is 3. The van der Waals surface area contributed by atoms with Crippen molar-refractivity contribution in [2.24, 2.45) is 0 Å². The Balaban J connectivity index is 1.80. The first-order valence-corrected chi connectivity index (χ1v) is 7.13. The Morgan fingerprint density at radius 1 is 1.50 bits per heavy atom. The van der Waals surface area contributed by atoms with E-state index in [4.69, 9.17) is 4.74 Å². The van der Waals surface area contributed by atoms with Crippen molar-refractivity contribution in [1.29, 1.82) is 0 Å². The number of carbonyl (C=O) groups excluding carboxylic acids is 1. The van der Waals surface area contributed by atoms with Gasteiger partial charge in [0.1, 0.15) is 5.69 Å². The first-order chi connectivity index (χ1) is 10.3. The van der Waals surface area contributed by atoms with Gasteiger partial charge >= 0.3 is 6.18 Å². The molecule has 22 heavy (non-hydrogen) atoms. The zero-order valence-electron chi connectivity index (χ0n) is 12.1. The number of alkyl halides is 3. The third-order valence-electron chi connectivity index (χ3n) is 3.87. The summed E-state index contributed by atoms with van der Waals surface area (Å²) in [6.07, 6.45) is -5.37. The fraction of sp³-hybridized carbons (Fsp3) is 0.692. The molecular formula is C13H17F3N4O2. The summed E-state index contributed by atoms with van der Waals surface area (Å²) in [6.45, 7) is 3.77.